The van der Waals surface area contributed by atoms with Crippen LogP contribution >= 0.6 is 0 Å². The normalized spacial score (nSPS) is 28.1. The molecule has 1 aliphatic carbocycles. The smallest absolute Gasteiger partial charge is 0.338 e. The van der Waals surface area contributed by atoms with Gasteiger partial charge in [-0.1, -0.05) is 24.3 Å². The molecule has 2 aliphatic rings. The number of allylic oxidation sites excluding steroid dienone is 1. The quantitative estimate of drug-likeness (QED) is 0.474. The number of carbonyl (C=O) groups excluding carboxylic acids is 1. The zero-order valence-electron chi connectivity index (χ0n) is 15.4. The van der Waals surface area contributed by atoms with E-state index < -0.39 is 47.7 Å². The fourth-order valence-electron chi connectivity index (χ4n) is 3.94. The highest BCUT2D eigenvalue weighted by Gasteiger charge is 2.59. The van der Waals surface area contributed by atoms with Crippen LogP contribution in [0.1, 0.15) is 23.0 Å². The molecule has 1 aromatic heterocycles. The van der Waals surface area contributed by atoms with E-state index in [0.29, 0.717) is 17.6 Å². The number of benzene rings is 1. The van der Waals surface area contributed by atoms with Crippen molar-refractivity contribution in [2.45, 2.75) is 24.4 Å². The molecule has 0 spiro atoms. The maximum Gasteiger partial charge on any atom is 0.338 e. The third-order valence-electron chi connectivity index (χ3n) is 5.49. The molecule has 2 heterocycles. The Bertz CT molecular complexity index is 1060. The van der Waals surface area contributed by atoms with Gasteiger partial charge in [-0.25, -0.2) is 9.59 Å². The standard InChI is InChI=1S/C20H20N2O7/c23-11-20-13(10-28-18(26)12-4-2-1-3-5-12)6-7-14(16(20)25)17(29-20)22-9-8-15(24)21-19(22)27/h1-6,8-9,14,16-17,23,25H,7,10-11H2,(H,21,24,27)/t14-,16+,17-,20+/m1/s1. The number of aliphatic hydroxyl groups is 2. The number of nitrogens with one attached hydrogen (secondary N) is 1. The Hall–Kier alpha value is -3.01. The molecule has 2 bridgehead atoms. The molecule has 152 valence electrons. The number of H-pyrrole nitrogens is 1. The van der Waals surface area contributed by atoms with Crippen molar-refractivity contribution < 1.29 is 24.5 Å². The Morgan fingerprint density at radius 1 is 1.28 bits per heavy atom. The summed E-state index contributed by atoms with van der Waals surface area (Å²) in [5, 5.41) is 20.9. The van der Waals surface area contributed by atoms with Crippen LogP contribution in [0.2, 0.25) is 0 Å². The number of aromatic amines is 1. The van der Waals surface area contributed by atoms with Crippen molar-refractivity contribution in [1.82, 2.24) is 9.55 Å². The van der Waals surface area contributed by atoms with Crippen LogP contribution in [-0.4, -0.2) is 50.7 Å². The summed E-state index contributed by atoms with van der Waals surface area (Å²) in [6, 6.07) is 9.63. The molecule has 2 aromatic rings. The summed E-state index contributed by atoms with van der Waals surface area (Å²) in [5.74, 6) is -1.05. The molecule has 0 unspecified atom stereocenters. The molecule has 1 fully saturated rings. The van der Waals surface area contributed by atoms with Crippen LogP contribution in [0, 0.1) is 5.92 Å². The van der Waals surface area contributed by atoms with Gasteiger partial charge in [0.05, 0.1) is 18.3 Å². The molecule has 1 saturated heterocycles. The van der Waals surface area contributed by atoms with Gasteiger partial charge in [-0.3, -0.25) is 14.3 Å². The van der Waals surface area contributed by atoms with Gasteiger partial charge in [0.2, 0.25) is 0 Å². The number of rotatable bonds is 5. The molecule has 3 N–H and O–H groups in total. The van der Waals surface area contributed by atoms with Crippen LogP contribution in [0.3, 0.4) is 0 Å². The number of aromatic nitrogens is 2. The van der Waals surface area contributed by atoms with E-state index in [2.05, 4.69) is 4.98 Å². The van der Waals surface area contributed by atoms with Gasteiger partial charge in [-0.2, -0.15) is 0 Å². The zero-order chi connectivity index (χ0) is 20.6. The van der Waals surface area contributed by atoms with Crippen LogP contribution < -0.4 is 11.2 Å². The third-order valence-corrected chi connectivity index (χ3v) is 5.49. The summed E-state index contributed by atoms with van der Waals surface area (Å²) in [6.45, 7) is -0.737. The van der Waals surface area contributed by atoms with E-state index in [1.165, 1.54) is 16.8 Å². The lowest BCUT2D eigenvalue weighted by molar-refractivity contribution is -0.109. The Morgan fingerprint density at radius 3 is 2.72 bits per heavy atom. The SMILES string of the molecule is O=C(OCC1=CC[C@H]2[C@H](n3ccc(=O)[nH]c3=O)O[C@]1(CO)[C@H]2O)c1ccccc1. The van der Waals surface area contributed by atoms with Crippen molar-refractivity contribution in [2.24, 2.45) is 5.92 Å². The number of fused-ring (bicyclic) bond motifs is 2. The second kappa shape index (κ2) is 7.43. The molecule has 0 radical (unpaired) electrons. The summed E-state index contributed by atoms with van der Waals surface area (Å²) in [7, 11) is 0. The molecule has 29 heavy (non-hydrogen) atoms. The summed E-state index contributed by atoms with van der Waals surface area (Å²) in [6.07, 6.45) is 1.38. The topological polar surface area (TPSA) is 131 Å². The minimum absolute atomic E-state index is 0.175. The van der Waals surface area contributed by atoms with Gasteiger partial charge < -0.3 is 19.7 Å². The van der Waals surface area contributed by atoms with Crippen LogP contribution in [-0.2, 0) is 9.47 Å². The Kier molecular flexibility index (Phi) is 4.95. The molecular weight excluding hydrogens is 380 g/mol. The number of esters is 1. The molecule has 4 rings (SSSR count). The predicted molar refractivity (Wildman–Crippen MR) is 100 cm³/mol. The summed E-state index contributed by atoms with van der Waals surface area (Å²) in [4.78, 5) is 37.9. The van der Waals surface area contributed by atoms with Crippen LogP contribution in [0.15, 0.2) is 63.8 Å². The lowest BCUT2D eigenvalue weighted by Gasteiger charge is -2.35. The second-order valence-electron chi connectivity index (χ2n) is 7.09. The van der Waals surface area contributed by atoms with Crippen molar-refractivity contribution >= 4 is 5.97 Å². The molecule has 0 saturated carbocycles. The van der Waals surface area contributed by atoms with E-state index in [1.54, 1.807) is 36.4 Å². The highest BCUT2D eigenvalue weighted by Crippen LogP contribution is 2.49. The largest absolute Gasteiger partial charge is 0.457 e. The zero-order valence-corrected chi connectivity index (χ0v) is 15.4. The monoisotopic (exact) mass is 400 g/mol. The molecule has 9 nitrogen and oxygen atoms in total. The van der Waals surface area contributed by atoms with Crippen LogP contribution in [0.4, 0.5) is 0 Å². The van der Waals surface area contributed by atoms with E-state index in [4.69, 9.17) is 9.47 Å². The average Bonchev–Trinajstić information content (AvgIpc) is 2.90. The third kappa shape index (κ3) is 3.23. The number of carbonyl (C=O) groups is 1. The van der Waals surface area contributed by atoms with Crippen LogP contribution in [0.25, 0.3) is 0 Å². The summed E-state index contributed by atoms with van der Waals surface area (Å²) >= 11 is 0. The lowest BCUT2D eigenvalue weighted by Crippen LogP contribution is -2.49. The Balaban J connectivity index is 1.57. The van der Waals surface area contributed by atoms with Gasteiger partial charge in [-0.05, 0) is 24.1 Å². The van der Waals surface area contributed by atoms with Crippen molar-refractivity contribution in [1.29, 1.82) is 0 Å². The second-order valence-corrected chi connectivity index (χ2v) is 7.09. The van der Waals surface area contributed by atoms with E-state index in [1.807, 2.05) is 0 Å². The van der Waals surface area contributed by atoms with Crippen molar-refractivity contribution in [2.75, 3.05) is 13.2 Å². The fourth-order valence-corrected chi connectivity index (χ4v) is 3.94. The van der Waals surface area contributed by atoms with Gasteiger partial charge in [0.1, 0.15) is 18.4 Å². The molecule has 1 aliphatic heterocycles. The maximum atomic E-state index is 12.2. The average molecular weight is 400 g/mol. The Labute approximate surface area is 164 Å². The van der Waals surface area contributed by atoms with Gasteiger partial charge >= 0.3 is 11.7 Å². The first-order chi connectivity index (χ1) is 14.0. The van der Waals surface area contributed by atoms with Crippen molar-refractivity contribution in [3.05, 3.63) is 80.6 Å². The number of hydrogen-bond acceptors (Lipinski definition) is 7. The van der Waals surface area contributed by atoms with Gasteiger partial charge in [0.25, 0.3) is 5.56 Å². The number of ether oxygens (including phenoxy) is 2. The summed E-state index contributed by atoms with van der Waals surface area (Å²) < 4.78 is 12.5. The Morgan fingerprint density at radius 2 is 2.03 bits per heavy atom. The van der Waals surface area contributed by atoms with E-state index >= 15 is 0 Å². The lowest BCUT2D eigenvalue weighted by atomic mass is 9.77. The van der Waals surface area contributed by atoms with Crippen molar-refractivity contribution in [3.63, 3.8) is 0 Å². The van der Waals surface area contributed by atoms with E-state index in [9.17, 15) is 24.6 Å². The molecule has 0 amide bonds. The molecule has 1 aromatic carbocycles. The number of hydrogen-bond donors (Lipinski definition) is 3. The number of nitrogens with zero attached hydrogens (tertiary/aromatic N) is 1. The van der Waals surface area contributed by atoms with Crippen LogP contribution in [0.5, 0.6) is 0 Å². The highest BCUT2D eigenvalue weighted by molar-refractivity contribution is 5.89. The minimum atomic E-state index is -1.50. The molecule has 9 heteroatoms. The maximum absolute atomic E-state index is 12.2. The van der Waals surface area contributed by atoms with E-state index in [-0.39, 0.29) is 6.61 Å². The first-order valence-electron chi connectivity index (χ1n) is 9.16. The first kappa shape index (κ1) is 19.3. The fraction of sp³-hybridized carbons (Fsp3) is 0.350. The predicted octanol–water partition coefficient (Wildman–Crippen LogP) is -0.0393. The first-order valence-corrected chi connectivity index (χ1v) is 9.16. The minimum Gasteiger partial charge on any atom is -0.457 e. The van der Waals surface area contributed by atoms with E-state index in [0.717, 1.165) is 0 Å². The summed E-state index contributed by atoms with van der Waals surface area (Å²) in [5.41, 5.74) is -1.91. The van der Waals surface area contributed by atoms with Gasteiger partial charge in [0.15, 0.2) is 0 Å². The molecule has 4 atom stereocenters. The molecular formula is C20H20N2O7. The van der Waals surface area contributed by atoms with Gasteiger partial charge in [-0.15, -0.1) is 0 Å². The van der Waals surface area contributed by atoms with Gasteiger partial charge in [0, 0.05) is 18.2 Å². The highest BCUT2D eigenvalue weighted by atomic mass is 16.6. The van der Waals surface area contributed by atoms with Crippen molar-refractivity contribution in [3.8, 4) is 0 Å². The number of aliphatic hydroxyl groups excluding tert-OH is 2.